The van der Waals surface area contributed by atoms with Crippen LogP contribution < -0.4 is 10.2 Å². The molecule has 5 nitrogen and oxygen atoms in total. The van der Waals surface area contributed by atoms with Crippen LogP contribution in [0, 0.1) is 0 Å². The number of benzene rings is 1. The van der Waals surface area contributed by atoms with Crippen LogP contribution in [-0.4, -0.2) is 18.7 Å². The van der Waals surface area contributed by atoms with E-state index in [0.717, 1.165) is 16.9 Å². The fourth-order valence-corrected chi connectivity index (χ4v) is 1.79. The minimum Gasteiger partial charge on any atom is -0.483 e. The molecule has 0 spiro atoms. The highest BCUT2D eigenvalue weighted by Crippen LogP contribution is 2.25. The Morgan fingerprint density at radius 1 is 1.38 bits per heavy atom. The number of furan rings is 1. The number of hydrogen-bond donors (Lipinski definition) is 1. The van der Waals surface area contributed by atoms with Crippen molar-refractivity contribution in [3.8, 4) is 5.75 Å². The second-order valence-corrected chi connectivity index (χ2v) is 4.83. The van der Waals surface area contributed by atoms with Crippen molar-refractivity contribution in [2.45, 2.75) is 19.8 Å². The predicted octanol–water partition coefficient (Wildman–Crippen LogP) is 2.93. The minimum atomic E-state index is -0.312. The van der Waals surface area contributed by atoms with Crippen LogP contribution in [0.15, 0.2) is 52.4 Å². The lowest BCUT2D eigenvalue weighted by Crippen LogP contribution is -2.24. The molecule has 0 saturated heterocycles. The van der Waals surface area contributed by atoms with Crippen molar-refractivity contribution in [1.82, 2.24) is 5.43 Å². The summed E-state index contributed by atoms with van der Waals surface area (Å²) in [6.07, 6.45) is 4.57. The van der Waals surface area contributed by atoms with Crippen LogP contribution in [0.4, 0.5) is 0 Å². The van der Waals surface area contributed by atoms with Gasteiger partial charge in [0.2, 0.25) is 0 Å². The summed E-state index contributed by atoms with van der Waals surface area (Å²) in [5, 5.41) is 3.82. The third-order valence-electron chi connectivity index (χ3n) is 2.85. The van der Waals surface area contributed by atoms with Gasteiger partial charge in [-0.15, -0.1) is 0 Å². The number of hydrogen-bond acceptors (Lipinski definition) is 4. The summed E-state index contributed by atoms with van der Waals surface area (Å²) in [7, 11) is 0. The molecule has 0 unspecified atom stereocenters. The second-order valence-electron chi connectivity index (χ2n) is 4.83. The topological polar surface area (TPSA) is 63.8 Å². The smallest absolute Gasteiger partial charge is 0.277 e. The van der Waals surface area contributed by atoms with Gasteiger partial charge in [0.25, 0.3) is 5.91 Å². The fraction of sp³-hybridized carbons (Fsp3) is 0.250. The van der Waals surface area contributed by atoms with Crippen molar-refractivity contribution >= 4 is 12.1 Å². The Balaban J connectivity index is 1.84. The van der Waals surface area contributed by atoms with Gasteiger partial charge in [0, 0.05) is 5.56 Å². The van der Waals surface area contributed by atoms with E-state index >= 15 is 0 Å². The Labute approximate surface area is 123 Å². The lowest BCUT2D eigenvalue weighted by molar-refractivity contribution is -0.123. The first kappa shape index (κ1) is 14.8. The molecule has 0 radical (unpaired) electrons. The summed E-state index contributed by atoms with van der Waals surface area (Å²) in [4.78, 5) is 11.7. The monoisotopic (exact) mass is 286 g/mol. The number of hydrazone groups is 1. The summed E-state index contributed by atoms with van der Waals surface area (Å²) in [6.45, 7) is 4.08. The normalized spacial score (nSPS) is 11.0. The minimum absolute atomic E-state index is 0.0769. The zero-order chi connectivity index (χ0) is 15.1. The molecule has 1 aromatic carbocycles. The molecule has 0 aliphatic heterocycles. The molecule has 0 saturated carbocycles. The fourth-order valence-electron chi connectivity index (χ4n) is 1.79. The molecular formula is C16H18N2O3. The van der Waals surface area contributed by atoms with Gasteiger partial charge in [-0.3, -0.25) is 4.79 Å². The first-order valence-corrected chi connectivity index (χ1v) is 6.72. The Kier molecular flexibility index (Phi) is 5.15. The number of para-hydroxylation sites is 1. The molecule has 21 heavy (non-hydrogen) atoms. The van der Waals surface area contributed by atoms with E-state index in [1.54, 1.807) is 6.07 Å². The Morgan fingerprint density at radius 3 is 2.90 bits per heavy atom. The molecule has 0 atom stereocenters. The average molecular weight is 286 g/mol. The lowest BCUT2D eigenvalue weighted by atomic mass is 10.0. The molecule has 1 amide bonds. The van der Waals surface area contributed by atoms with Crippen molar-refractivity contribution in [1.29, 1.82) is 0 Å². The summed E-state index contributed by atoms with van der Waals surface area (Å²) < 4.78 is 10.4. The van der Waals surface area contributed by atoms with Crippen molar-refractivity contribution in [2.24, 2.45) is 5.10 Å². The molecule has 110 valence electrons. The highest BCUT2D eigenvalue weighted by molar-refractivity contribution is 5.82. The molecule has 2 aromatic rings. The van der Waals surface area contributed by atoms with Gasteiger partial charge in [-0.1, -0.05) is 32.0 Å². The first-order chi connectivity index (χ1) is 10.2. The highest BCUT2D eigenvalue weighted by atomic mass is 16.5. The largest absolute Gasteiger partial charge is 0.483 e. The SMILES string of the molecule is CC(C)c1ccccc1OCC(=O)NN=Cc1ccoc1. The van der Waals surface area contributed by atoms with E-state index < -0.39 is 0 Å². The van der Waals surface area contributed by atoms with Crippen LogP contribution in [0.3, 0.4) is 0 Å². The molecule has 0 aliphatic carbocycles. The van der Waals surface area contributed by atoms with Crippen molar-refractivity contribution in [3.05, 3.63) is 54.0 Å². The van der Waals surface area contributed by atoms with Gasteiger partial charge in [-0.25, -0.2) is 5.43 Å². The van der Waals surface area contributed by atoms with Gasteiger partial charge >= 0.3 is 0 Å². The predicted molar refractivity (Wildman–Crippen MR) is 80.5 cm³/mol. The van der Waals surface area contributed by atoms with E-state index in [9.17, 15) is 4.79 Å². The van der Waals surface area contributed by atoms with Gasteiger partial charge in [-0.05, 0) is 23.6 Å². The zero-order valence-electron chi connectivity index (χ0n) is 12.1. The number of nitrogens with zero attached hydrogens (tertiary/aromatic N) is 1. The lowest BCUT2D eigenvalue weighted by Gasteiger charge is -2.12. The van der Waals surface area contributed by atoms with E-state index in [4.69, 9.17) is 9.15 Å². The van der Waals surface area contributed by atoms with E-state index in [-0.39, 0.29) is 12.5 Å². The molecule has 5 heteroatoms. The van der Waals surface area contributed by atoms with Crippen LogP contribution in [0.25, 0.3) is 0 Å². The number of rotatable bonds is 6. The molecule has 0 fully saturated rings. The van der Waals surface area contributed by atoms with Crippen LogP contribution in [0.2, 0.25) is 0 Å². The van der Waals surface area contributed by atoms with Gasteiger partial charge in [0.1, 0.15) is 5.75 Å². The molecule has 1 heterocycles. The summed E-state index contributed by atoms with van der Waals surface area (Å²) in [5.74, 6) is 0.748. The maximum Gasteiger partial charge on any atom is 0.277 e. The summed E-state index contributed by atoms with van der Waals surface area (Å²) >= 11 is 0. The second kappa shape index (κ2) is 7.28. The maximum atomic E-state index is 11.7. The molecule has 1 N–H and O–H groups in total. The van der Waals surface area contributed by atoms with Gasteiger partial charge in [-0.2, -0.15) is 5.10 Å². The zero-order valence-corrected chi connectivity index (χ0v) is 12.1. The Hall–Kier alpha value is -2.56. The van der Waals surface area contributed by atoms with Gasteiger partial charge in [0.15, 0.2) is 6.61 Å². The van der Waals surface area contributed by atoms with Crippen molar-refractivity contribution < 1.29 is 13.9 Å². The van der Waals surface area contributed by atoms with Gasteiger partial charge < -0.3 is 9.15 Å². The molecule has 1 aromatic heterocycles. The van der Waals surface area contributed by atoms with Crippen LogP contribution in [0.5, 0.6) is 5.75 Å². The number of nitrogens with one attached hydrogen (secondary N) is 1. The summed E-state index contributed by atoms with van der Waals surface area (Å²) in [5.41, 5.74) is 4.26. The standard InChI is InChI=1S/C16H18N2O3/c1-12(2)14-5-3-4-6-15(14)21-11-16(19)18-17-9-13-7-8-20-10-13/h3-10,12H,11H2,1-2H3,(H,18,19). The van der Waals surface area contributed by atoms with Gasteiger partial charge in [0.05, 0.1) is 18.7 Å². The van der Waals surface area contributed by atoms with E-state index in [1.165, 1.54) is 18.7 Å². The Morgan fingerprint density at radius 2 is 2.19 bits per heavy atom. The number of ether oxygens (including phenoxy) is 1. The summed E-state index contributed by atoms with van der Waals surface area (Å²) in [6, 6.07) is 9.44. The van der Waals surface area contributed by atoms with E-state index in [0.29, 0.717) is 5.92 Å². The number of carbonyl (C=O) groups excluding carboxylic acids is 1. The quantitative estimate of drug-likeness (QED) is 0.656. The van der Waals surface area contributed by atoms with Crippen molar-refractivity contribution in [3.63, 3.8) is 0 Å². The molecular weight excluding hydrogens is 268 g/mol. The molecule has 2 rings (SSSR count). The Bertz CT molecular complexity index is 604. The van der Waals surface area contributed by atoms with Crippen LogP contribution >= 0.6 is 0 Å². The third-order valence-corrected chi connectivity index (χ3v) is 2.85. The van der Waals surface area contributed by atoms with Crippen LogP contribution in [0.1, 0.15) is 30.9 Å². The highest BCUT2D eigenvalue weighted by Gasteiger charge is 2.08. The van der Waals surface area contributed by atoms with Crippen LogP contribution in [-0.2, 0) is 4.79 Å². The third kappa shape index (κ3) is 4.49. The van der Waals surface area contributed by atoms with Crippen molar-refractivity contribution in [2.75, 3.05) is 6.61 Å². The molecule has 0 bridgehead atoms. The number of amides is 1. The number of carbonyl (C=O) groups is 1. The van der Waals surface area contributed by atoms with E-state index in [2.05, 4.69) is 24.4 Å². The molecule has 0 aliphatic rings. The maximum absolute atomic E-state index is 11.7. The first-order valence-electron chi connectivity index (χ1n) is 6.72. The average Bonchev–Trinajstić information content (AvgIpc) is 2.98. The van der Waals surface area contributed by atoms with E-state index in [1.807, 2.05) is 24.3 Å².